The number of hydrogen-bond acceptors (Lipinski definition) is 2. The van der Waals surface area contributed by atoms with Crippen molar-refractivity contribution in [1.82, 2.24) is 4.90 Å². The maximum absolute atomic E-state index is 5.71. The van der Waals surface area contributed by atoms with E-state index in [1.54, 1.807) is 0 Å². The summed E-state index contributed by atoms with van der Waals surface area (Å²) in [5, 5.41) is 0. The number of ether oxygens (including phenoxy) is 1. The zero-order chi connectivity index (χ0) is 11.4. The number of hydrogen-bond donors (Lipinski definition) is 0. The zero-order valence-electron chi connectivity index (χ0n) is 9.66. The molecule has 0 aromatic heterocycles. The van der Waals surface area contributed by atoms with Gasteiger partial charge in [-0.2, -0.15) is 0 Å². The number of halogens is 1. The second kappa shape index (κ2) is 5.69. The molecule has 0 radical (unpaired) electrons. The van der Waals surface area contributed by atoms with E-state index in [0.29, 0.717) is 0 Å². The lowest BCUT2D eigenvalue weighted by Gasteiger charge is -2.15. The van der Waals surface area contributed by atoms with E-state index < -0.39 is 0 Å². The van der Waals surface area contributed by atoms with Gasteiger partial charge in [0.2, 0.25) is 0 Å². The summed E-state index contributed by atoms with van der Waals surface area (Å²) in [6.07, 6.45) is 1.33. The van der Waals surface area contributed by atoms with Gasteiger partial charge in [0.25, 0.3) is 0 Å². The van der Waals surface area contributed by atoms with Crippen LogP contribution in [-0.4, -0.2) is 31.1 Å². The SMILES string of the molecule is CC1CCN(CCOc2cccc(Br)c2)C1. The molecule has 1 aromatic carbocycles. The quantitative estimate of drug-likeness (QED) is 0.842. The Kier molecular flexibility index (Phi) is 4.24. The third kappa shape index (κ3) is 3.49. The normalized spacial score (nSPS) is 21.2. The summed E-state index contributed by atoms with van der Waals surface area (Å²) >= 11 is 3.44. The molecule has 3 heteroatoms. The highest BCUT2D eigenvalue weighted by Gasteiger charge is 2.17. The van der Waals surface area contributed by atoms with Gasteiger partial charge in [-0.05, 0) is 37.1 Å². The van der Waals surface area contributed by atoms with Crippen LogP contribution in [0.5, 0.6) is 5.75 Å². The van der Waals surface area contributed by atoms with Crippen molar-refractivity contribution in [2.45, 2.75) is 13.3 Å². The predicted molar refractivity (Wildman–Crippen MR) is 69.9 cm³/mol. The van der Waals surface area contributed by atoms with Crippen LogP contribution in [0, 0.1) is 5.92 Å². The first-order valence-corrected chi connectivity index (χ1v) is 6.64. The Labute approximate surface area is 106 Å². The second-order valence-corrected chi connectivity index (χ2v) is 5.42. The molecule has 0 amide bonds. The van der Waals surface area contributed by atoms with Crippen molar-refractivity contribution >= 4 is 15.9 Å². The van der Waals surface area contributed by atoms with Crippen molar-refractivity contribution in [3.8, 4) is 5.75 Å². The minimum atomic E-state index is 0.781. The number of nitrogens with zero attached hydrogens (tertiary/aromatic N) is 1. The molecule has 1 saturated heterocycles. The van der Waals surface area contributed by atoms with E-state index in [-0.39, 0.29) is 0 Å². The van der Waals surface area contributed by atoms with Gasteiger partial charge in [-0.15, -0.1) is 0 Å². The maximum atomic E-state index is 5.71. The summed E-state index contributed by atoms with van der Waals surface area (Å²) in [5.74, 6) is 1.80. The lowest BCUT2D eigenvalue weighted by atomic mass is 10.2. The Morgan fingerprint density at radius 3 is 3.06 bits per heavy atom. The fourth-order valence-corrected chi connectivity index (χ4v) is 2.46. The second-order valence-electron chi connectivity index (χ2n) is 4.50. The third-order valence-corrected chi connectivity index (χ3v) is 3.47. The van der Waals surface area contributed by atoms with Crippen molar-refractivity contribution < 1.29 is 4.74 Å². The summed E-state index contributed by atoms with van der Waals surface area (Å²) in [5.41, 5.74) is 0. The minimum absolute atomic E-state index is 0.781. The molecule has 2 nitrogen and oxygen atoms in total. The van der Waals surface area contributed by atoms with Crippen LogP contribution in [0.2, 0.25) is 0 Å². The average molecular weight is 284 g/mol. The smallest absolute Gasteiger partial charge is 0.120 e. The van der Waals surface area contributed by atoms with Crippen LogP contribution in [-0.2, 0) is 0 Å². The summed E-state index contributed by atoms with van der Waals surface area (Å²) in [6.45, 7) is 6.58. The molecule has 1 unspecified atom stereocenters. The summed E-state index contributed by atoms with van der Waals surface area (Å²) in [7, 11) is 0. The molecule has 0 N–H and O–H groups in total. The molecule has 2 rings (SSSR count). The van der Waals surface area contributed by atoms with Crippen LogP contribution in [0.15, 0.2) is 28.7 Å². The Morgan fingerprint density at radius 1 is 1.50 bits per heavy atom. The fourth-order valence-electron chi connectivity index (χ4n) is 2.08. The lowest BCUT2D eigenvalue weighted by molar-refractivity contribution is 0.234. The van der Waals surface area contributed by atoms with Gasteiger partial charge < -0.3 is 4.74 Å². The van der Waals surface area contributed by atoms with E-state index in [1.165, 1.54) is 19.5 Å². The first-order chi connectivity index (χ1) is 7.74. The van der Waals surface area contributed by atoms with E-state index in [4.69, 9.17) is 4.74 Å². The van der Waals surface area contributed by atoms with Gasteiger partial charge in [-0.1, -0.05) is 28.9 Å². The molecule has 1 aliphatic heterocycles. The van der Waals surface area contributed by atoms with Gasteiger partial charge in [-0.25, -0.2) is 0 Å². The number of likely N-dealkylation sites (tertiary alicyclic amines) is 1. The molecular weight excluding hydrogens is 266 g/mol. The molecule has 0 bridgehead atoms. The monoisotopic (exact) mass is 283 g/mol. The van der Waals surface area contributed by atoms with Crippen LogP contribution < -0.4 is 4.74 Å². The van der Waals surface area contributed by atoms with Crippen LogP contribution in [0.25, 0.3) is 0 Å². The Hall–Kier alpha value is -0.540. The minimum Gasteiger partial charge on any atom is -0.492 e. The molecule has 1 atom stereocenters. The molecule has 1 aromatic rings. The topological polar surface area (TPSA) is 12.5 Å². The van der Waals surface area contributed by atoms with Crippen molar-refractivity contribution in [3.05, 3.63) is 28.7 Å². The van der Waals surface area contributed by atoms with Crippen molar-refractivity contribution in [2.24, 2.45) is 5.92 Å². The Morgan fingerprint density at radius 2 is 2.38 bits per heavy atom. The fraction of sp³-hybridized carbons (Fsp3) is 0.538. The summed E-state index contributed by atoms with van der Waals surface area (Å²) in [6, 6.07) is 8.01. The van der Waals surface area contributed by atoms with Crippen LogP contribution in [0.4, 0.5) is 0 Å². The summed E-state index contributed by atoms with van der Waals surface area (Å²) < 4.78 is 6.78. The van der Waals surface area contributed by atoms with Gasteiger partial charge in [0.1, 0.15) is 12.4 Å². The highest BCUT2D eigenvalue weighted by molar-refractivity contribution is 9.10. The third-order valence-electron chi connectivity index (χ3n) is 2.98. The highest BCUT2D eigenvalue weighted by atomic mass is 79.9. The Balaban J connectivity index is 1.72. The van der Waals surface area contributed by atoms with Gasteiger partial charge in [0.05, 0.1) is 0 Å². The largest absolute Gasteiger partial charge is 0.492 e. The van der Waals surface area contributed by atoms with E-state index in [0.717, 1.165) is 29.3 Å². The number of rotatable bonds is 4. The van der Waals surface area contributed by atoms with E-state index in [2.05, 4.69) is 27.8 Å². The molecule has 1 heterocycles. The van der Waals surface area contributed by atoms with E-state index in [1.807, 2.05) is 24.3 Å². The number of benzene rings is 1. The standard InChI is InChI=1S/C13H18BrNO/c1-11-5-6-15(10-11)7-8-16-13-4-2-3-12(14)9-13/h2-4,9,11H,5-8,10H2,1H3. The molecule has 0 aliphatic carbocycles. The van der Waals surface area contributed by atoms with Gasteiger partial charge in [-0.3, -0.25) is 4.90 Å². The van der Waals surface area contributed by atoms with Crippen LogP contribution in [0.3, 0.4) is 0 Å². The molecule has 0 saturated carbocycles. The van der Waals surface area contributed by atoms with Crippen molar-refractivity contribution in [3.63, 3.8) is 0 Å². The molecule has 16 heavy (non-hydrogen) atoms. The van der Waals surface area contributed by atoms with Crippen molar-refractivity contribution in [1.29, 1.82) is 0 Å². The zero-order valence-corrected chi connectivity index (χ0v) is 11.2. The molecule has 88 valence electrons. The predicted octanol–water partition coefficient (Wildman–Crippen LogP) is 3.17. The summed E-state index contributed by atoms with van der Waals surface area (Å²) in [4.78, 5) is 2.47. The van der Waals surface area contributed by atoms with Crippen LogP contribution >= 0.6 is 15.9 Å². The molecule has 0 spiro atoms. The molecule has 1 fully saturated rings. The first kappa shape index (κ1) is 11.9. The van der Waals surface area contributed by atoms with Gasteiger partial charge in [0, 0.05) is 17.6 Å². The van der Waals surface area contributed by atoms with Gasteiger partial charge >= 0.3 is 0 Å². The van der Waals surface area contributed by atoms with E-state index >= 15 is 0 Å². The molecule has 1 aliphatic rings. The first-order valence-electron chi connectivity index (χ1n) is 5.85. The van der Waals surface area contributed by atoms with Gasteiger partial charge in [0.15, 0.2) is 0 Å². The average Bonchev–Trinajstić information content (AvgIpc) is 2.64. The molecular formula is C13H18BrNO. The maximum Gasteiger partial charge on any atom is 0.120 e. The van der Waals surface area contributed by atoms with Crippen LogP contribution in [0.1, 0.15) is 13.3 Å². The Bertz CT molecular complexity index is 342. The highest BCUT2D eigenvalue weighted by Crippen LogP contribution is 2.18. The van der Waals surface area contributed by atoms with E-state index in [9.17, 15) is 0 Å². The lowest BCUT2D eigenvalue weighted by Crippen LogP contribution is -2.25. The van der Waals surface area contributed by atoms with Crippen molar-refractivity contribution in [2.75, 3.05) is 26.2 Å².